The van der Waals surface area contributed by atoms with Gasteiger partial charge in [0.1, 0.15) is 11.9 Å². The third-order valence-electron chi connectivity index (χ3n) is 7.35. The Labute approximate surface area is 294 Å². The highest BCUT2D eigenvalue weighted by molar-refractivity contribution is 5.88. The molecule has 0 radical (unpaired) electrons. The zero-order valence-corrected chi connectivity index (χ0v) is 28.2. The first-order valence-corrected chi connectivity index (χ1v) is 16.4. The zero-order chi connectivity index (χ0) is 37.6. The van der Waals surface area contributed by atoms with Crippen molar-refractivity contribution in [2.45, 2.75) is 76.6 Å². The lowest BCUT2D eigenvalue weighted by Gasteiger charge is -2.23. The Kier molecular flexibility index (Phi) is 18.2. The van der Waals surface area contributed by atoms with E-state index in [0.29, 0.717) is 37.8 Å². The lowest BCUT2D eigenvalue weighted by atomic mass is 9.98. The minimum Gasteiger partial charge on any atom is -0.481 e. The third kappa shape index (κ3) is 17.7. The summed E-state index contributed by atoms with van der Waals surface area (Å²) in [6, 6.07) is 21.3. The average Bonchev–Trinajstić information content (AvgIpc) is 3.09. The fraction of sp³-hybridized carbons (Fsp3) is 0.389. The molecule has 51 heavy (non-hydrogen) atoms. The van der Waals surface area contributed by atoms with Gasteiger partial charge in [-0.1, -0.05) is 67.1 Å². The standard InChI is InChI=1S/C34H43N5O5.C2HF3O2/c1-25(40)35-21-10-7-14-29(38-32(41)16-6-3-9-22-36-31-15-8-11-23-37-31)34(44)39-30(24-33(42)43)28-19-17-27(18-20-28)26-12-4-2-5-13-26;3-2(4,5)1(6)7/h2,4-5,8,11-13,15,17-20,23,29-30H,3,6-7,9-10,14,16,21-22,24H2,1H3,(H,35,40)(H,36,37)(H,38,41)(H,39,44)(H,42,43);(H,6,7)/t29-,30?;/m0./s1. The molecule has 0 spiro atoms. The van der Waals surface area contributed by atoms with Crippen LogP contribution in [0.25, 0.3) is 11.1 Å². The lowest BCUT2D eigenvalue weighted by Crippen LogP contribution is -2.48. The first kappa shape index (κ1) is 41.7. The summed E-state index contributed by atoms with van der Waals surface area (Å²) < 4.78 is 31.7. The van der Waals surface area contributed by atoms with Gasteiger partial charge in [0.2, 0.25) is 17.7 Å². The van der Waals surface area contributed by atoms with E-state index in [0.717, 1.165) is 36.3 Å². The number of anilines is 1. The van der Waals surface area contributed by atoms with Gasteiger partial charge in [-0.05, 0) is 60.9 Å². The van der Waals surface area contributed by atoms with E-state index in [9.17, 15) is 37.5 Å². The van der Waals surface area contributed by atoms with Crippen LogP contribution in [-0.4, -0.2) is 70.2 Å². The van der Waals surface area contributed by atoms with Gasteiger partial charge in [0.25, 0.3) is 0 Å². The second-order valence-corrected chi connectivity index (χ2v) is 11.5. The fourth-order valence-electron chi connectivity index (χ4n) is 4.78. The van der Waals surface area contributed by atoms with Gasteiger partial charge in [-0.25, -0.2) is 9.78 Å². The van der Waals surface area contributed by atoms with Gasteiger partial charge < -0.3 is 31.5 Å². The van der Waals surface area contributed by atoms with E-state index in [1.54, 1.807) is 6.20 Å². The largest absolute Gasteiger partial charge is 0.490 e. The number of halogens is 3. The summed E-state index contributed by atoms with van der Waals surface area (Å²) in [6.07, 6.45) is 0.585. The molecule has 0 fully saturated rings. The summed E-state index contributed by atoms with van der Waals surface area (Å²) in [5, 5.41) is 28.4. The topological polar surface area (TPSA) is 187 Å². The highest BCUT2D eigenvalue weighted by Crippen LogP contribution is 2.24. The van der Waals surface area contributed by atoms with Gasteiger partial charge in [0, 0.05) is 32.6 Å². The predicted octanol–water partition coefficient (Wildman–Crippen LogP) is 5.48. The molecule has 6 N–H and O–H groups in total. The summed E-state index contributed by atoms with van der Waals surface area (Å²) >= 11 is 0. The van der Waals surface area contributed by atoms with Crippen molar-refractivity contribution in [1.82, 2.24) is 20.9 Å². The molecule has 0 saturated heterocycles. The summed E-state index contributed by atoms with van der Waals surface area (Å²) in [5.41, 5.74) is 2.67. The van der Waals surface area contributed by atoms with E-state index in [2.05, 4.69) is 26.3 Å². The number of carboxylic acids is 2. The minimum atomic E-state index is -5.08. The smallest absolute Gasteiger partial charge is 0.481 e. The van der Waals surface area contributed by atoms with Crippen molar-refractivity contribution in [3.63, 3.8) is 0 Å². The fourth-order valence-corrected chi connectivity index (χ4v) is 4.78. The molecule has 15 heteroatoms. The quantitative estimate of drug-likeness (QED) is 0.0875. The monoisotopic (exact) mass is 715 g/mol. The van der Waals surface area contributed by atoms with Crippen molar-refractivity contribution in [1.29, 1.82) is 0 Å². The predicted molar refractivity (Wildman–Crippen MR) is 184 cm³/mol. The Morgan fingerprint density at radius 1 is 0.765 bits per heavy atom. The molecule has 0 aliphatic rings. The maximum absolute atomic E-state index is 13.5. The molecule has 3 amide bonds. The van der Waals surface area contributed by atoms with E-state index in [-0.39, 0.29) is 24.7 Å². The van der Waals surface area contributed by atoms with Crippen LogP contribution in [-0.2, 0) is 24.0 Å². The van der Waals surface area contributed by atoms with Gasteiger partial charge in [0.05, 0.1) is 12.5 Å². The number of rotatable bonds is 19. The van der Waals surface area contributed by atoms with Crippen molar-refractivity contribution in [2.24, 2.45) is 0 Å². The Hall–Kier alpha value is -5.47. The number of aromatic nitrogens is 1. The first-order chi connectivity index (χ1) is 24.3. The molecule has 2 atom stereocenters. The molecule has 1 aromatic heterocycles. The molecule has 12 nitrogen and oxygen atoms in total. The molecule has 2 aromatic carbocycles. The van der Waals surface area contributed by atoms with Crippen LogP contribution >= 0.6 is 0 Å². The normalized spacial score (nSPS) is 11.9. The Morgan fingerprint density at radius 3 is 1.98 bits per heavy atom. The third-order valence-corrected chi connectivity index (χ3v) is 7.35. The molecular formula is C36H44F3N5O7. The van der Waals surface area contributed by atoms with Crippen LogP contribution in [0.1, 0.15) is 69.9 Å². The second kappa shape index (κ2) is 22.3. The van der Waals surface area contributed by atoms with Gasteiger partial charge in [-0.15, -0.1) is 0 Å². The zero-order valence-electron chi connectivity index (χ0n) is 28.2. The van der Waals surface area contributed by atoms with E-state index in [1.807, 2.05) is 72.8 Å². The van der Waals surface area contributed by atoms with Gasteiger partial charge in [0.15, 0.2) is 0 Å². The van der Waals surface area contributed by atoms with Crippen LogP contribution in [0.3, 0.4) is 0 Å². The van der Waals surface area contributed by atoms with Crippen LogP contribution in [0.4, 0.5) is 19.0 Å². The Bertz CT molecular complexity index is 1530. The minimum absolute atomic E-state index is 0.127. The number of pyridine rings is 1. The van der Waals surface area contributed by atoms with Crippen LogP contribution in [0, 0.1) is 0 Å². The van der Waals surface area contributed by atoms with Gasteiger partial charge in [-0.3, -0.25) is 19.2 Å². The second-order valence-electron chi connectivity index (χ2n) is 11.5. The maximum Gasteiger partial charge on any atom is 0.490 e. The highest BCUT2D eigenvalue weighted by Gasteiger charge is 2.38. The van der Waals surface area contributed by atoms with E-state index < -0.39 is 36.1 Å². The van der Waals surface area contributed by atoms with Crippen LogP contribution in [0.15, 0.2) is 79.0 Å². The van der Waals surface area contributed by atoms with Crippen LogP contribution in [0.5, 0.6) is 0 Å². The maximum atomic E-state index is 13.5. The number of aliphatic carboxylic acids is 2. The van der Waals surface area contributed by atoms with E-state index in [4.69, 9.17) is 9.90 Å². The molecule has 1 heterocycles. The van der Waals surface area contributed by atoms with E-state index >= 15 is 0 Å². The molecule has 0 saturated carbocycles. The number of alkyl halides is 3. The molecule has 1 unspecified atom stereocenters. The number of amides is 3. The number of carboxylic acid groups (broad SMARTS) is 2. The number of nitrogens with zero attached hydrogens (tertiary/aromatic N) is 1. The number of unbranched alkanes of at least 4 members (excludes halogenated alkanes) is 3. The number of nitrogens with one attached hydrogen (secondary N) is 4. The Balaban J connectivity index is 0.00000116. The lowest BCUT2D eigenvalue weighted by molar-refractivity contribution is -0.192. The van der Waals surface area contributed by atoms with Crippen molar-refractivity contribution >= 4 is 35.5 Å². The van der Waals surface area contributed by atoms with Crippen molar-refractivity contribution in [3.8, 4) is 11.1 Å². The molecule has 0 bridgehead atoms. The average molecular weight is 716 g/mol. The molecule has 3 rings (SSSR count). The molecule has 276 valence electrons. The molecule has 0 aliphatic carbocycles. The Morgan fingerprint density at radius 2 is 1.39 bits per heavy atom. The van der Waals surface area contributed by atoms with E-state index in [1.165, 1.54) is 6.92 Å². The highest BCUT2D eigenvalue weighted by atomic mass is 19.4. The van der Waals surface area contributed by atoms with Crippen LogP contribution < -0.4 is 21.3 Å². The summed E-state index contributed by atoms with van der Waals surface area (Å²) in [4.78, 5) is 62.3. The van der Waals surface area contributed by atoms with Gasteiger partial charge >= 0.3 is 18.1 Å². The molecular weight excluding hydrogens is 671 g/mol. The number of benzene rings is 2. The summed E-state index contributed by atoms with van der Waals surface area (Å²) in [5.74, 6) is -3.78. The van der Waals surface area contributed by atoms with Crippen molar-refractivity contribution in [2.75, 3.05) is 18.4 Å². The molecule has 0 aliphatic heterocycles. The van der Waals surface area contributed by atoms with Crippen molar-refractivity contribution < 1.29 is 47.4 Å². The molecule has 3 aromatic rings. The number of carbonyl (C=O) groups is 5. The van der Waals surface area contributed by atoms with Crippen molar-refractivity contribution in [3.05, 3.63) is 84.6 Å². The number of carbonyl (C=O) groups excluding carboxylic acids is 3. The van der Waals surface area contributed by atoms with Gasteiger partial charge in [-0.2, -0.15) is 13.2 Å². The summed E-state index contributed by atoms with van der Waals surface area (Å²) in [6.45, 7) is 2.66. The SMILES string of the molecule is CC(=O)NCCCC[C@H](NC(=O)CCCCCNc1ccccn1)C(=O)NC(CC(=O)O)c1ccc(-c2ccccc2)cc1.O=C(O)C(F)(F)F. The number of hydrogen-bond donors (Lipinski definition) is 6. The number of hydrogen-bond acceptors (Lipinski definition) is 7. The van der Waals surface area contributed by atoms with Crippen LogP contribution in [0.2, 0.25) is 0 Å². The summed E-state index contributed by atoms with van der Waals surface area (Å²) in [7, 11) is 0. The first-order valence-electron chi connectivity index (χ1n) is 16.4.